The van der Waals surface area contributed by atoms with E-state index in [9.17, 15) is 21.6 Å². The van der Waals surface area contributed by atoms with Crippen molar-refractivity contribution in [3.63, 3.8) is 0 Å². The minimum absolute atomic E-state index is 0.0388. The molecular weight excluding hydrogens is 745 g/mol. The van der Waals surface area contributed by atoms with E-state index in [0.717, 1.165) is 34.9 Å². The van der Waals surface area contributed by atoms with Crippen molar-refractivity contribution in [3.8, 4) is 11.5 Å². The highest BCUT2D eigenvalue weighted by Crippen LogP contribution is 2.75. The van der Waals surface area contributed by atoms with Crippen LogP contribution in [0.4, 0.5) is 29.1 Å². The van der Waals surface area contributed by atoms with Crippen LogP contribution in [-0.2, 0) is 28.2 Å². The number of nitrogens with two attached hydrogens (primary N) is 1. The number of halogens is 7. The Morgan fingerprint density at radius 2 is 1.84 bits per heavy atom. The van der Waals surface area contributed by atoms with Gasteiger partial charge < -0.3 is 20.5 Å². The molecule has 1 heterocycles. The number of benzene rings is 3. The molecule has 266 valence electrons. The molecule has 17 heteroatoms. The quantitative estimate of drug-likeness (QED) is 0.127. The largest absolute Gasteiger partial charge is 0.497 e. The third-order valence-corrected chi connectivity index (χ3v) is 12.7. The van der Waals surface area contributed by atoms with Crippen LogP contribution in [0.3, 0.4) is 0 Å². The number of sulfonamides is 1. The second-order valence-electron chi connectivity index (χ2n) is 12.1. The highest BCUT2D eigenvalue weighted by Gasteiger charge is 2.78. The van der Waals surface area contributed by atoms with Gasteiger partial charge in [0.1, 0.15) is 38.7 Å². The van der Waals surface area contributed by atoms with Gasteiger partial charge in [-0.2, -0.15) is 13.2 Å². The number of methoxy groups -OCH3 is 2. The molecule has 2 saturated carbocycles. The van der Waals surface area contributed by atoms with Crippen molar-refractivity contribution in [1.82, 2.24) is 9.97 Å². The van der Waals surface area contributed by atoms with Gasteiger partial charge in [-0.05, 0) is 48.7 Å². The minimum Gasteiger partial charge on any atom is -0.497 e. The summed E-state index contributed by atoms with van der Waals surface area (Å²) in [6, 6.07) is 11.7. The maximum Gasteiger partial charge on any atom is 0.416 e. The predicted molar refractivity (Wildman–Crippen MR) is 182 cm³/mol. The van der Waals surface area contributed by atoms with Crippen LogP contribution < -0.4 is 24.8 Å². The highest BCUT2D eigenvalue weighted by atomic mass is 35.5. The molecule has 0 unspecified atom stereocenters. The summed E-state index contributed by atoms with van der Waals surface area (Å²) in [5, 5.41) is 2.96. The van der Waals surface area contributed by atoms with Crippen molar-refractivity contribution in [2.24, 2.45) is 11.7 Å². The summed E-state index contributed by atoms with van der Waals surface area (Å²) in [7, 11) is -1.76. The van der Waals surface area contributed by atoms with Gasteiger partial charge in [0, 0.05) is 47.3 Å². The molecule has 0 saturated heterocycles. The van der Waals surface area contributed by atoms with E-state index in [2.05, 4.69) is 15.3 Å². The number of nitrogens with one attached hydrogen (secondary N) is 1. The Labute approximate surface area is 300 Å². The van der Waals surface area contributed by atoms with Gasteiger partial charge in [-0.25, -0.2) is 27.1 Å². The molecule has 0 radical (unpaired) electrons. The zero-order valence-corrected chi connectivity index (χ0v) is 29.5. The van der Waals surface area contributed by atoms with Crippen molar-refractivity contribution >= 4 is 56.3 Å². The smallest absolute Gasteiger partial charge is 0.416 e. The average Bonchev–Trinajstić information content (AvgIpc) is 3.57. The molecule has 0 amide bonds. The number of fused-ring (bicyclic) bond motifs is 1. The zero-order valence-electron chi connectivity index (χ0n) is 26.4. The van der Waals surface area contributed by atoms with E-state index in [1.54, 1.807) is 24.3 Å². The van der Waals surface area contributed by atoms with Crippen LogP contribution in [-0.4, -0.2) is 49.0 Å². The molecule has 3 N–H and O–H groups in total. The molecule has 9 nitrogen and oxygen atoms in total. The number of anilines is 2. The summed E-state index contributed by atoms with van der Waals surface area (Å²) < 4.78 is 94.9. The monoisotopic (exact) mass is 773 g/mol. The van der Waals surface area contributed by atoms with Crippen molar-refractivity contribution < 1.29 is 35.5 Å². The predicted octanol–water partition coefficient (Wildman–Crippen LogP) is 7.34. The Bertz CT molecular complexity index is 2030. The molecule has 2 fully saturated rings. The van der Waals surface area contributed by atoms with E-state index in [-0.39, 0.29) is 35.9 Å². The van der Waals surface area contributed by atoms with E-state index in [1.807, 2.05) is 0 Å². The van der Waals surface area contributed by atoms with E-state index < -0.39 is 60.2 Å². The Morgan fingerprint density at radius 1 is 1.08 bits per heavy atom. The number of hydrogen-bond acceptors (Lipinski definition) is 8. The Kier molecular flexibility index (Phi) is 9.57. The van der Waals surface area contributed by atoms with Crippen molar-refractivity contribution in [2.75, 3.05) is 23.8 Å². The fraction of sp³-hybridized carbons (Fsp3) is 0.333. The van der Waals surface area contributed by atoms with Crippen LogP contribution >= 0.6 is 34.8 Å². The summed E-state index contributed by atoms with van der Waals surface area (Å²) in [4.78, 5) is 7.22. The molecule has 6 rings (SSSR count). The lowest BCUT2D eigenvalue weighted by atomic mass is 9.77. The summed E-state index contributed by atoms with van der Waals surface area (Å²) in [6.45, 7) is -0.297. The maximum atomic E-state index is 15.9. The van der Waals surface area contributed by atoms with Gasteiger partial charge in [-0.3, -0.25) is 0 Å². The number of aromatic nitrogens is 2. The molecule has 0 aliphatic heterocycles. The van der Waals surface area contributed by atoms with Crippen molar-refractivity contribution in [3.05, 3.63) is 101 Å². The summed E-state index contributed by atoms with van der Waals surface area (Å²) in [6.07, 6.45) is -1.72. The van der Waals surface area contributed by atoms with Gasteiger partial charge in [0.25, 0.3) is 10.0 Å². The van der Waals surface area contributed by atoms with Gasteiger partial charge >= 0.3 is 6.18 Å². The van der Waals surface area contributed by atoms with Gasteiger partial charge in [0.15, 0.2) is 0 Å². The lowest BCUT2D eigenvalue weighted by molar-refractivity contribution is -0.137. The Balaban J connectivity index is 1.28. The third kappa shape index (κ3) is 6.29. The third-order valence-electron chi connectivity index (χ3n) is 9.37. The summed E-state index contributed by atoms with van der Waals surface area (Å²) >= 11 is 20.0. The van der Waals surface area contributed by atoms with Crippen LogP contribution in [0.5, 0.6) is 11.5 Å². The number of rotatable bonds is 10. The van der Waals surface area contributed by atoms with E-state index in [0.29, 0.717) is 22.6 Å². The Hall–Kier alpha value is -3.56. The van der Waals surface area contributed by atoms with Crippen molar-refractivity contribution in [2.45, 2.75) is 52.3 Å². The highest BCUT2D eigenvalue weighted by molar-refractivity contribution is 7.92. The van der Waals surface area contributed by atoms with Gasteiger partial charge in [0.05, 0.1) is 37.0 Å². The molecule has 2 aliphatic carbocycles. The van der Waals surface area contributed by atoms with E-state index in [1.165, 1.54) is 32.5 Å². The molecule has 3 aromatic carbocycles. The molecule has 1 aromatic heterocycles. The number of alkyl halides is 5. The lowest BCUT2D eigenvalue weighted by Gasteiger charge is -2.35. The molecule has 2 aliphatic rings. The lowest BCUT2D eigenvalue weighted by Crippen LogP contribution is -2.47. The second-order valence-corrected chi connectivity index (χ2v) is 15.7. The fourth-order valence-corrected chi connectivity index (χ4v) is 9.60. The first-order valence-corrected chi connectivity index (χ1v) is 17.7. The van der Waals surface area contributed by atoms with Gasteiger partial charge in [0.2, 0.25) is 0 Å². The second kappa shape index (κ2) is 13.2. The zero-order chi connectivity index (χ0) is 36.2. The first-order valence-electron chi connectivity index (χ1n) is 15.1. The van der Waals surface area contributed by atoms with Crippen LogP contribution in [0, 0.1) is 11.7 Å². The van der Waals surface area contributed by atoms with Crippen LogP contribution in [0.2, 0.25) is 5.02 Å². The molecule has 4 atom stereocenters. The number of hydrogen-bond donors (Lipinski definition) is 2. The molecule has 4 aromatic rings. The van der Waals surface area contributed by atoms with Crippen molar-refractivity contribution in [1.29, 1.82) is 0 Å². The fourth-order valence-electron chi connectivity index (χ4n) is 6.77. The molecule has 0 spiro atoms. The molecule has 50 heavy (non-hydrogen) atoms. The molecule has 0 bridgehead atoms. The number of ether oxygens (including phenoxy) is 2. The van der Waals surface area contributed by atoms with E-state index in [4.69, 9.17) is 50.0 Å². The topological polar surface area (TPSA) is 120 Å². The summed E-state index contributed by atoms with van der Waals surface area (Å²) in [5.74, 6) is -0.838. The van der Waals surface area contributed by atoms with Crippen LogP contribution in [0.15, 0.2) is 78.1 Å². The van der Waals surface area contributed by atoms with E-state index >= 15 is 4.39 Å². The van der Waals surface area contributed by atoms with Crippen LogP contribution in [0.25, 0.3) is 0 Å². The van der Waals surface area contributed by atoms with Crippen LogP contribution in [0.1, 0.15) is 29.5 Å². The van der Waals surface area contributed by atoms with Gasteiger partial charge in [-0.15, -0.1) is 23.2 Å². The minimum atomic E-state index is -4.65. The normalized spacial score (nSPS) is 22.7. The number of nitrogens with zero attached hydrogens (tertiary/aromatic N) is 3. The SMILES string of the molecule is COc1ccc(CN(c2ccncn2)S(=O)(=O)c2cc(Cl)c(N[C@H]3C[C@H]4C(Cl)(Cl)[C@@]4(c4cccc(C(F)(F)F)c4)C[C@@H]3N)cc2F)c(OC)c1. The molecular formula is C33H30Cl3F4N5O4S. The average molecular weight is 775 g/mol. The first kappa shape index (κ1) is 36.2. The summed E-state index contributed by atoms with van der Waals surface area (Å²) in [5.41, 5.74) is 5.50. The van der Waals surface area contributed by atoms with Gasteiger partial charge in [-0.1, -0.05) is 29.8 Å². The first-order chi connectivity index (χ1) is 23.5. The maximum absolute atomic E-state index is 15.9. The standard InChI is InChI=1S/C33H30Cl3F4N5O4S/c1-48-21-7-6-18(27(11-21)49-2)16-45(30-8-9-42-17-43-30)50(46,47)28-12-22(34)25(13-23(28)37)44-26-14-29-31(15-24(26)41,32(29,35)36)19-4-3-5-20(10-19)33(38,39)40/h3-13,17,24,26,29,44H,14-16,41H2,1-2H3/t24-,26-,29+,31+/m0/s1. The Morgan fingerprint density at radius 3 is 2.50 bits per heavy atom.